The average Bonchev–Trinajstić information content (AvgIpc) is 3.48. The molecule has 0 saturated carbocycles. The quantitative estimate of drug-likeness (QED) is 0.614. The number of halogens is 1. The van der Waals surface area contributed by atoms with Crippen LogP contribution in [0.15, 0.2) is 39.2 Å². The van der Waals surface area contributed by atoms with Gasteiger partial charge in [0.25, 0.3) is 10.0 Å². The number of sulfonamides is 1. The molecule has 4 heterocycles. The second-order valence-electron chi connectivity index (χ2n) is 8.22. The van der Waals surface area contributed by atoms with Gasteiger partial charge in [-0.3, -0.25) is 5.43 Å². The number of thiophene rings is 1. The lowest BCUT2D eigenvalue weighted by Crippen LogP contribution is -2.61. The number of piperazine rings is 1. The monoisotopic (exact) mass is 538 g/mol. The highest BCUT2D eigenvalue weighted by Gasteiger charge is 2.39. The highest BCUT2D eigenvalue weighted by molar-refractivity contribution is 8.03. The molecule has 9 nitrogen and oxygen atoms in total. The van der Waals surface area contributed by atoms with E-state index in [4.69, 9.17) is 16.9 Å². The van der Waals surface area contributed by atoms with Gasteiger partial charge in [0.15, 0.2) is 0 Å². The number of hydrogen-bond donors (Lipinski definition) is 2. The lowest BCUT2D eigenvalue weighted by Gasteiger charge is -2.43. The van der Waals surface area contributed by atoms with Gasteiger partial charge in [-0.25, -0.2) is 18.2 Å². The first-order chi connectivity index (χ1) is 16.4. The van der Waals surface area contributed by atoms with Crippen LogP contribution in [0, 0.1) is 11.3 Å². The second-order valence-corrected chi connectivity index (χ2v) is 12.9. The predicted octanol–water partition coefficient (Wildman–Crippen LogP) is 3.33. The first-order valence-electron chi connectivity index (χ1n) is 10.9. The number of nitriles is 1. The minimum atomic E-state index is -3.74. The van der Waals surface area contributed by atoms with Crippen LogP contribution in [0.3, 0.4) is 0 Å². The number of thioether (sulfide) groups is 1. The molecule has 0 aliphatic carbocycles. The third-order valence-electron chi connectivity index (χ3n) is 6.16. The van der Waals surface area contributed by atoms with Gasteiger partial charge in [-0.2, -0.15) is 9.57 Å². The molecule has 5 rings (SSSR count). The number of carbonyl (C=O) groups excluding carboxylic acids is 1. The number of benzene rings is 1. The Kier molecular flexibility index (Phi) is 6.56. The maximum Gasteiger partial charge on any atom is 0.339 e. The normalized spacial score (nSPS) is 21.2. The smallest absolute Gasteiger partial charge is 0.339 e. The molecule has 0 bridgehead atoms. The molecule has 1 atom stereocenters. The van der Waals surface area contributed by atoms with E-state index in [-0.39, 0.29) is 42.3 Å². The van der Waals surface area contributed by atoms with Gasteiger partial charge in [0.1, 0.15) is 9.24 Å². The molecule has 13 heteroatoms. The Labute approximate surface area is 211 Å². The number of nitrogens with one attached hydrogen (secondary N) is 2. The van der Waals surface area contributed by atoms with Crippen molar-refractivity contribution in [2.75, 3.05) is 32.1 Å². The van der Waals surface area contributed by atoms with Gasteiger partial charge in [-0.1, -0.05) is 29.4 Å². The van der Waals surface area contributed by atoms with Crippen LogP contribution < -0.4 is 10.7 Å². The summed E-state index contributed by atoms with van der Waals surface area (Å²) in [5.74, 6) is 0.783. The Balaban J connectivity index is 1.34. The van der Waals surface area contributed by atoms with Crippen molar-refractivity contribution in [1.82, 2.24) is 25.0 Å². The molecule has 0 spiro atoms. The maximum atomic E-state index is 13.5. The van der Waals surface area contributed by atoms with Crippen molar-refractivity contribution < 1.29 is 13.2 Å². The molecule has 34 heavy (non-hydrogen) atoms. The summed E-state index contributed by atoms with van der Waals surface area (Å²) < 4.78 is 29.4. The van der Waals surface area contributed by atoms with E-state index < -0.39 is 10.0 Å². The second kappa shape index (κ2) is 9.47. The number of amides is 2. The first-order valence-corrected chi connectivity index (χ1v) is 14.5. The van der Waals surface area contributed by atoms with Gasteiger partial charge in [0.05, 0.1) is 11.9 Å². The van der Waals surface area contributed by atoms with Gasteiger partial charge in [0.2, 0.25) is 0 Å². The van der Waals surface area contributed by atoms with E-state index in [1.165, 1.54) is 15.6 Å². The zero-order valence-electron chi connectivity index (χ0n) is 18.2. The highest BCUT2D eigenvalue weighted by Crippen LogP contribution is 2.34. The van der Waals surface area contributed by atoms with E-state index in [2.05, 4.69) is 16.8 Å². The molecule has 180 valence electrons. The molecule has 3 aliphatic rings. The minimum absolute atomic E-state index is 0.156. The molecule has 2 amide bonds. The lowest BCUT2D eigenvalue weighted by atomic mass is 10.1. The van der Waals surface area contributed by atoms with E-state index in [0.717, 1.165) is 33.1 Å². The zero-order chi connectivity index (χ0) is 23.9. The highest BCUT2D eigenvalue weighted by atomic mass is 35.5. The fourth-order valence-corrected chi connectivity index (χ4v) is 8.59. The van der Waals surface area contributed by atoms with Gasteiger partial charge in [-0.15, -0.1) is 11.3 Å². The van der Waals surface area contributed by atoms with Crippen LogP contribution in [0.1, 0.15) is 19.3 Å². The number of hydrazine groups is 1. The summed E-state index contributed by atoms with van der Waals surface area (Å²) in [6.45, 7) is 1.15. The molecular formula is C21H23ClN6O3S3. The molecule has 1 unspecified atom stereocenters. The maximum absolute atomic E-state index is 13.5. The van der Waals surface area contributed by atoms with E-state index >= 15 is 0 Å². The lowest BCUT2D eigenvalue weighted by molar-refractivity contribution is 0.0869. The number of urea groups is 1. The topological polar surface area (TPSA) is 109 Å². The van der Waals surface area contributed by atoms with Crippen molar-refractivity contribution in [2.24, 2.45) is 0 Å². The van der Waals surface area contributed by atoms with Crippen LogP contribution in [0.4, 0.5) is 4.79 Å². The number of nitrogens with zero attached hydrogens (tertiary/aromatic N) is 4. The van der Waals surface area contributed by atoms with E-state index in [1.54, 1.807) is 39.9 Å². The molecule has 0 radical (unpaired) electrons. The van der Waals surface area contributed by atoms with Gasteiger partial charge < -0.3 is 10.2 Å². The molecule has 2 aromatic rings. The van der Waals surface area contributed by atoms with Crippen molar-refractivity contribution in [3.63, 3.8) is 0 Å². The fraction of sp³-hybridized carbons (Fsp3) is 0.429. The summed E-state index contributed by atoms with van der Waals surface area (Å²) >= 11 is 8.88. The number of carbonyl (C=O) groups is 1. The van der Waals surface area contributed by atoms with Crippen LogP contribution in [-0.2, 0) is 10.0 Å². The Morgan fingerprint density at radius 1 is 1.26 bits per heavy atom. The molecule has 2 N–H and O–H groups in total. The largest absolute Gasteiger partial charge is 0.377 e. The SMILES string of the molecule is N#CCCC1CN(S(=O)(=O)c2cc3ccc(Cl)cc3s2)CCN1C(=O)N1CCC2=C(N1)SCN2. The van der Waals surface area contributed by atoms with Crippen molar-refractivity contribution in [3.05, 3.63) is 40.0 Å². The van der Waals surface area contributed by atoms with E-state index in [1.807, 2.05) is 6.07 Å². The van der Waals surface area contributed by atoms with Crippen LogP contribution in [0.5, 0.6) is 0 Å². The van der Waals surface area contributed by atoms with Crippen LogP contribution in [0.25, 0.3) is 10.1 Å². The number of rotatable bonds is 4. The molecule has 3 aliphatic heterocycles. The molecule has 1 saturated heterocycles. The standard InChI is InChI=1S/C21H23ClN6O3S3/c22-15-4-3-14-10-19(33-18(14)11-15)34(30,31)26-8-9-27(16(12-26)2-1-6-23)21(29)28-7-5-17-20(25-28)32-13-24-17/h3-4,10-11,16,24-25H,1-2,5,7-9,12-13H2. The Morgan fingerprint density at radius 3 is 2.94 bits per heavy atom. The summed E-state index contributed by atoms with van der Waals surface area (Å²) in [6.07, 6.45) is 1.40. The minimum Gasteiger partial charge on any atom is -0.377 e. The number of fused-ring (bicyclic) bond motifs is 1. The van der Waals surface area contributed by atoms with Crippen LogP contribution in [0.2, 0.25) is 5.02 Å². The number of hydrogen-bond acceptors (Lipinski definition) is 8. The molecule has 1 fully saturated rings. The molecule has 1 aromatic carbocycles. The van der Waals surface area contributed by atoms with Crippen molar-refractivity contribution >= 4 is 60.8 Å². The predicted molar refractivity (Wildman–Crippen MR) is 133 cm³/mol. The Hall–Kier alpha value is -2.17. The molecular weight excluding hydrogens is 516 g/mol. The van der Waals surface area contributed by atoms with Crippen molar-refractivity contribution in [2.45, 2.75) is 29.5 Å². The Morgan fingerprint density at radius 2 is 2.12 bits per heavy atom. The Bertz CT molecular complexity index is 1300. The van der Waals surface area contributed by atoms with E-state index in [0.29, 0.717) is 18.0 Å². The first kappa shape index (κ1) is 23.6. The summed E-state index contributed by atoms with van der Waals surface area (Å²) in [5.41, 5.74) is 4.31. The summed E-state index contributed by atoms with van der Waals surface area (Å²) in [4.78, 5) is 15.1. The van der Waals surface area contributed by atoms with Gasteiger partial charge in [-0.05, 0) is 30.0 Å². The van der Waals surface area contributed by atoms with E-state index in [9.17, 15) is 13.2 Å². The zero-order valence-corrected chi connectivity index (χ0v) is 21.4. The van der Waals surface area contributed by atoms with Crippen molar-refractivity contribution in [1.29, 1.82) is 5.26 Å². The van der Waals surface area contributed by atoms with Gasteiger partial charge >= 0.3 is 6.03 Å². The third kappa shape index (κ3) is 4.43. The van der Waals surface area contributed by atoms with Crippen LogP contribution in [-0.4, -0.2) is 66.8 Å². The third-order valence-corrected chi connectivity index (χ3v) is 10.7. The average molecular weight is 539 g/mol. The summed E-state index contributed by atoms with van der Waals surface area (Å²) in [5, 5.41) is 16.4. The summed E-state index contributed by atoms with van der Waals surface area (Å²) in [7, 11) is -3.74. The van der Waals surface area contributed by atoms with Crippen LogP contribution >= 0.6 is 34.7 Å². The summed E-state index contributed by atoms with van der Waals surface area (Å²) in [6, 6.07) is 8.54. The fourth-order valence-electron chi connectivity index (χ4n) is 4.38. The van der Waals surface area contributed by atoms with Gasteiger partial charge in [0, 0.05) is 60.5 Å². The van der Waals surface area contributed by atoms with Crippen molar-refractivity contribution in [3.8, 4) is 6.07 Å². The molecule has 1 aromatic heterocycles.